The minimum Gasteiger partial charge on any atom is -0.474 e. The molecule has 0 fully saturated rings. The lowest BCUT2D eigenvalue weighted by molar-refractivity contribution is 0.398. The van der Waals surface area contributed by atoms with Gasteiger partial charge in [-0.15, -0.1) is 0 Å². The Morgan fingerprint density at radius 2 is 2.07 bits per heavy atom. The summed E-state index contributed by atoms with van der Waals surface area (Å²) in [6.07, 6.45) is 13.1. The summed E-state index contributed by atoms with van der Waals surface area (Å²) in [4.78, 5) is 0. The summed E-state index contributed by atoms with van der Waals surface area (Å²) in [6.45, 7) is 8.02. The molecule has 0 rings (SSSR count). The van der Waals surface area contributed by atoms with Crippen molar-refractivity contribution in [3.8, 4) is 0 Å². The van der Waals surface area contributed by atoms with E-state index < -0.39 is 0 Å². The number of hydrogen-bond donors (Lipinski definition) is 0. The van der Waals surface area contributed by atoms with Gasteiger partial charge in [0.05, 0.1) is 12.5 Å². The van der Waals surface area contributed by atoms with Crippen LogP contribution in [0.5, 0.6) is 0 Å². The van der Waals surface area contributed by atoms with Gasteiger partial charge in [-0.2, -0.15) is 0 Å². The first-order valence-electron chi connectivity index (χ1n) is 5.72. The molecular formula is C13H24O. The first-order chi connectivity index (χ1) is 6.81. The molecular weight excluding hydrogens is 172 g/mol. The van der Waals surface area contributed by atoms with Crippen LogP contribution in [0.25, 0.3) is 0 Å². The summed E-state index contributed by atoms with van der Waals surface area (Å²) in [7, 11) is 0. The van der Waals surface area contributed by atoms with Crippen molar-refractivity contribution in [3.05, 3.63) is 25.2 Å². The Bertz CT molecular complexity index is 149. The van der Waals surface area contributed by atoms with E-state index in [0.29, 0.717) is 0 Å². The summed E-state index contributed by atoms with van der Waals surface area (Å²) in [6, 6.07) is 0. The largest absolute Gasteiger partial charge is 0.474 e. The van der Waals surface area contributed by atoms with E-state index >= 15 is 0 Å². The summed E-state index contributed by atoms with van der Waals surface area (Å²) in [5.41, 5.74) is 0. The fraction of sp³-hybridized carbons (Fsp3) is 0.692. The molecule has 0 N–H and O–H groups in total. The van der Waals surface area contributed by atoms with E-state index in [1.165, 1.54) is 38.4 Å². The normalized spacial score (nSPS) is 13.0. The second kappa shape index (κ2) is 10.4. The van der Waals surface area contributed by atoms with Gasteiger partial charge < -0.3 is 4.74 Å². The molecule has 0 aliphatic heterocycles. The Morgan fingerprint density at radius 1 is 1.29 bits per heavy atom. The number of hydrogen-bond acceptors (Lipinski definition) is 1. The van der Waals surface area contributed by atoms with Crippen molar-refractivity contribution in [2.75, 3.05) is 0 Å². The van der Waals surface area contributed by atoms with Crippen molar-refractivity contribution in [2.24, 2.45) is 5.92 Å². The predicted octanol–water partition coefficient (Wildman–Crippen LogP) is 4.66. The SMILES string of the molecule is C=CO/C=C/CC(C)CCCCCC. The third-order valence-corrected chi connectivity index (χ3v) is 2.36. The van der Waals surface area contributed by atoms with E-state index in [4.69, 9.17) is 4.74 Å². The number of allylic oxidation sites excluding steroid dienone is 1. The third kappa shape index (κ3) is 9.37. The number of unbranched alkanes of at least 4 members (excludes halogenated alkanes) is 3. The number of ether oxygens (including phenoxy) is 1. The lowest BCUT2D eigenvalue weighted by Crippen LogP contribution is -1.92. The van der Waals surface area contributed by atoms with E-state index in [0.717, 1.165) is 12.3 Å². The molecule has 82 valence electrons. The molecule has 0 aliphatic rings. The molecule has 0 spiro atoms. The fourth-order valence-corrected chi connectivity index (χ4v) is 1.44. The highest BCUT2D eigenvalue weighted by atomic mass is 16.5. The van der Waals surface area contributed by atoms with Crippen LogP contribution < -0.4 is 0 Å². The summed E-state index contributed by atoms with van der Waals surface area (Å²) >= 11 is 0. The van der Waals surface area contributed by atoms with E-state index in [-0.39, 0.29) is 0 Å². The van der Waals surface area contributed by atoms with Gasteiger partial charge in [0, 0.05) is 0 Å². The number of rotatable bonds is 9. The molecule has 1 atom stereocenters. The zero-order chi connectivity index (χ0) is 10.6. The van der Waals surface area contributed by atoms with E-state index in [1.807, 2.05) is 0 Å². The first-order valence-corrected chi connectivity index (χ1v) is 5.72. The predicted molar refractivity (Wildman–Crippen MR) is 63.0 cm³/mol. The second-order valence-corrected chi connectivity index (χ2v) is 3.86. The van der Waals surface area contributed by atoms with Crippen molar-refractivity contribution < 1.29 is 4.74 Å². The van der Waals surface area contributed by atoms with E-state index in [1.54, 1.807) is 6.26 Å². The summed E-state index contributed by atoms with van der Waals surface area (Å²) < 4.78 is 4.91. The Morgan fingerprint density at radius 3 is 2.71 bits per heavy atom. The highest BCUT2D eigenvalue weighted by Gasteiger charge is 1.98. The van der Waals surface area contributed by atoms with Gasteiger partial charge in [-0.1, -0.05) is 52.5 Å². The maximum atomic E-state index is 4.91. The zero-order valence-electron chi connectivity index (χ0n) is 9.67. The molecule has 0 bridgehead atoms. The minimum absolute atomic E-state index is 0.775. The second-order valence-electron chi connectivity index (χ2n) is 3.86. The van der Waals surface area contributed by atoms with Crippen molar-refractivity contribution in [1.82, 2.24) is 0 Å². The lowest BCUT2D eigenvalue weighted by Gasteiger charge is -2.07. The lowest BCUT2D eigenvalue weighted by atomic mass is 10.00. The Labute approximate surface area is 88.9 Å². The molecule has 1 unspecified atom stereocenters. The summed E-state index contributed by atoms with van der Waals surface area (Å²) in [5, 5.41) is 0. The molecule has 14 heavy (non-hydrogen) atoms. The van der Waals surface area contributed by atoms with Crippen LogP contribution >= 0.6 is 0 Å². The quantitative estimate of drug-likeness (QED) is 0.385. The van der Waals surface area contributed by atoms with Gasteiger partial charge in [0.1, 0.15) is 0 Å². The van der Waals surface area contributed by atoms with Crippen LogP contribution in [-0.4, -0.2) is 0 Å². The smallest absolute Gasteiger partial charge is 0.0861 e. The van der Waals surface area contributed by atoms with Crippen molar-refractivity contribution in [1.29, 1.82) is 0 Å². The Hall–Kier alpha value is -0.720. The molecule has 0 amide bonds. The zero-order valence-corrected chi connectivity index (χ0v) is 9.67. The van der Waals surface area contributed by atoms with Gasteiger partial charge in [-0.3, -0.25) is 0 Å². The maximum absolute atomic E-state index is 4.91. The summed E-state index contributed by atoms with van der Waals surface area (Å²) in [5.74, 6) is 0.775. The average molecular weight is 196 g/mol. The van der Waals surface area contributed by atoms with Gasteiger partial charge in [0.25, 0.3) is 0 Å². The highest BCUT2D eigenvalue weighted by molar-refractivity contribution is 4.77. The van der Waals surface area contributed by atoms with Crippen LogP contribution in [0.4, 0.5) is 0 Å². The molecule has 0 aliphatic carbocycles. The van der Waals surface area contributed by atoms with Crippen LogP contribution in [0, 0.1) is 5.92 Å². The van der Waals surface area contributed by atoms with E-state index in [2.05, 4.69) is 26.5 Å². The van der Waals surface area contributed by atoms with Gasteiger partial charge in [0.2, 0.25) is 0 Å². The van der Waals surface area contributed by atoms with Crippen molar-refractivity contribution in [3.63, 3.8) is 0 Å². The Kier molecular flexibility index (Phi) is 9.83. The van der Waals surface area contributed by atoms with Gasteiger partial charge in [-0.05, 0) is 18.4 Å². The first kappa shape index (κ1) is 13.3. The Balaban J connectivity index is 3.26. The van der Waals surface area contributed by atoms with Crippen LogP contribution in [0.2, 0.25) is 0 Å². The van der Waals surface area contributed by atoms with Crippen LogP contribution in [0.1, 0.15) is 52.4 Å². The molecule has 0 saturated carbocycles. The molecule has 1 heteroatoms. The van der Waals surface area contributed by atoms with Crippen LogP contribution in [0.3, 0.4) is 0 Å². The third-order valence-electron chi connectivity index (χ3n) is 2.36. The van der Waals surface area contributed by atoms with Gasteiger partial charge in [-0.25, -0.2) is 0 Å². The fourth-order valence-electron chi connectivity index (χ4n) is 1.44. The van der Waals surface area contributed by atoms with E-state index in [9.17, 15) is 0 Å². The standard InChI is InChI=1S/C13H24O/c1-4-6-7-8-10-13(3)11-9-12-14-5-2/h5,9,12-13H,2,4,6-8,10-11H2,1,3H3/b12-9+. The monoisotopic (exact) mass is 196 g/mol. The average Bonchev–Trinajstić information content (AvgIpc) is 2.19. The van der Waals surface area contributed by atoms with Crippen LogP contribution in [0.15, 0.2) is 25.2 Å². The molecule has 0 radical (unpaired) electrons. The minimum atomic E-state index is 0.775. The molecule has 0 heterocycles. The van der Waals surface area contributed by atoms with Crippen molar-refractivity contribution >= 4 is 0 Å². The maximum Gasteiger partial charge on any atom is 0.0861 e. The molecule has 0 aromatic heterocycles. The molecule has 0 aromatic carbocycles. The molecule has 1 nitrogen and oxygen atoms in total. The highest BCUT2D eigenvalue weighted by Crippen LogP contribution is 2.13. The topological polar surface area (TPSA) is 9.23 Å². The van der Waals surface area contributed by atoms with Gasteiger partial charge in [0.15, 0.2) is 0 Å². The molecule has 0 aromatic rings. The molecule has 0 saturated heterocycles. The van der Waals surface area contributed by atoms with Crippen LogP contribution in [-0.2, 0) is 4.74 Å². The van der Waals surface area contributed by atoms with Crippen molar-refractivity contribution in [2.45, 2.75) is 52.4 Å². The van der Waals surface area contributed by atoms with Gasteiger partial charge >= 0.3 is 0 Å².